The van der Waals surface area contributed by atoms with Crippen molar-refractivity contribution < 1.29 is 4.79 Å². The molecule has 1 aromatic carbocycles. The summed E-state index contributed by atoms with van der Waals surface area (Å²) in [5, 5.41) is 3.19. The van der Waals surface area contributed by atoms with E-state index in [4.69, 9.17) is 0 Å². The van der Waals surface area contributed by atoms with Crippen LogP contribution in [0.2, 0.25) is 0 Å². The Morgan fingerprint density at radius 3 is 2.38 bits per heavy atom. The highest BCUT2D eigenvalue weighted by Crippen LogP contribution is 2.24. The maximum absolute atomic E-state index is 12.6. The molecule has 5 nitrogen and oxygen atoms in total. The van der Waals surface area contributed by atoms with Gasteiger partial charge in [-0.1, -0.05) is 39.8 Å². The second kappa shape index (κ2) is 7.44. The summed E-state index contributed by atoms with van der Waals surface area (Å²) >= 11 is 0. The first-order valence-electron chi connectivity index (χ1n) is 9.32. The SMILES string of the molecule is CC1CCCN(C(=O)c2cnc(Nc3ccc(C(C)(C)C)cc3)nc2)C1. The van der Waals surface area contributed by atoms with E-state index >= 15 is 0 Å². The molecule has 3 rings (SSSR count). The summed E-state index contributed by atoms with van der Waals surface area (Å²) in [6, 6.07) is 8.27. The Kier molecular flexibility index (Phi) is 5.25. The second-order valence-electron chi connectivity index (χ2n) is 8.25. The zero-order valence-electron chi connectivity index (χ0n) is 16.1. The largest absolute Gasteiger partial charge is 0.338 e. The van der Waals surface area contributed by atoms with Gasteiger partial charge in [0.05, 0.1) is 5.56 Å². The Bertz CT molecular complexity index is 747. The lowest BCUT2D eigenvalue weighted by Gasteiger charge is -2.30. The fourth-order valence-corrected chi connectivity index (χ4v) is 3.24. The first-order valence-corrected chi connectivity index (χ1v) is 9.32. The molecule has 1 aliphatic rings. The van der Waals surface area contributed by atoms with Crippen molar-refractivity contribution >= 4 is 17.5 Å². The number of nitrogens with zero attached hydrogens (tertiary/aromatic N) is 3. The molecule has 1 aromatic heterocycles. The smallest absolute Gasteiger partial charge is 0.257 e. The molecule has 26 heavy (non-hydrogen) atoms. The summed E-state index contributed by atoms with van der Waals surface area (Å²) in [7, 11) is 0. The molecule has 0 saturated carbocycles. The van der Waals surface area contributed by atoms with Crippen molar-refractivity contribution in [3.63, 3.8) is 0 Å². The standard InChI is InChI=1S/C21H28N4O/c1-15-6-5-11-25(14-15)19(26)16-12-22-20(23-13-16)24-18-9-7-17(8-10-18)21(2,3)4/h7-10,12-13,15H,5-6,11,14H2,1-4H3,(H,22,23,24). The highest BCUT2D eigenvalue weighted by Gasteiger charge is 2.22. The molecule has 5 heteroatoms. The predicted octanol–water partition coefficient (Wildman–Crippen LogP) is 4.39. The third-order valence-electron chi connectivity index (χ3n) is 4.85. The summed E-state index contributed by atoms with van der Waals surface area (Å²) in [5.41, 5.74) is 2.89. The van der Waals surface area contributed by atoms with Crippen molar-refractivity contribution in [1.29, 1.82) is 0 Å². The van der Waals surface area contributed by atoms with Crippen molar-refractivity contribution in [3.8, 4) is 0 Å². The van der Waals surface area contributed by atoms with Gasteiger partial charge in [0.2, 0.25) is 5.95 Å². The van der Waals surface area contributed by atoms with Crippen LogP contribution in [0, 0.1) is 5.92 Å². The molecule has 1 unspecified atom stereocenters. The van der Waals surface area contributed by atoms with Crippen LogP contribution in [-0.2, 0) is 5.41 Å². The highest BCUT2D eigenvalue weighted by atomic mass is 16.2. The normalized spacial score (nSPS) is 17.8. The van der Waals surface area contributed by atoms with Crippen LogP contribution in [0.4, 0.5) is 11.6 Å². The molecule has 138 valence electrons. The first kappa shape index (κ1) is 18.4. The minimum Gasteiger partial charge on any atom is -0.338 e. The summed E-state index contributed by atoms with van der Waals surface area (Å²) in [5.74, 6) is 1.08. The van der Waals surface area contributed by atoms with Crippen LogP contribution in [0.1, 0.15) is 56.5 Å². The third kappa shape index (κ3) is 4.40. The van der Waals surface area contributed by atoms with Gasteiger partial charge in [-0.3, -0.25) is 4.79 Å². The minimum atomic E-state index is 0.0256. The van der Waals surface area contributed by atoms with Gasteiger partial charge in [0, 0.05) is 31.2 Å². The predicted molar refractivity (Wildman–Crippen MR) is 105 cm³/mol. The van der Waals surface area contributed by atoms with Gasteiger partial charge in [-0.05, 0) is 41.9 Å². The Morgan fingerprint density at radius 1 is 1.15 bits per heavy atom. The van der Waals surface area contributed by atoms with Crippen molar-refractivity contribution in [3.05, 3.63) is 47.8 Å². The molecule has 1 fully saturated rings. The molecule has 0 spiro atoms. The molecule has 1 saturated heterocycles. The number of likely N-dealkylation sites (tertiary alicyclic amines) is 1. The topological polar surface area (TPSA) is 58.1 Å². The van der Waals surface area contributed by atoms with Crippen molar-refractivity contribution in [1.82, 2.24) is 14.9 Å². The number of nitrogens with one attached hydrogen (secondary N) is 1. The van der Waals surface area contributed by atoms with Gasteiger partial charge in [0.25, 0.3) is 5.91 Å². The van der Waals surface area contributed by atoms with Crippen molar-refractivity contribution in [2.75, 3.05) is 18.4 Å². The third-order valence-corrected chi connectivity index (χ3v) is 4.85. The van der Waals surface area contributed by atoms with Gasteiger partial charge in [0.15, 0.2) is 0 Å². The molecule has 1 atom stereocenters. The lowest BCUT2D eigenvalue weighted by Crippen LogP contribution is -2.39. The number of benzene rings is 1. The van der Waals surface area contributed by atoms with E-state index in [-0.39, 0.29) is 11.3 Å². The average molecular weight is 352 g/mol. The molecule has 2 heterocycles. The van der Waals surface area contributed by atoms with Crippen LogP contribution in [-0.4, -0.2) is 33.9 Å². The first-order chi connectivity index (χ1) is 12.3. The lowest BCUT2D eigenvalue weighted by molar-refractivity contribution is 0.0682. The molecule has 2 aromatic rings. The van der Waals surface area contributed by atoms with E-state index in [0.717, 1.165) is 25.2 Å². The van der Waals surface area contributed by atoms with Gasteiger partial charge < -0.3 is 10.2 Å². The summed E-state index contributed by atoms with van der Waals surface area (Å²) in [4.78, 5) is 23.1. The van der Waals surface area contributed by atoms with E-state index < -0.39 is 0 Å². The lowest BCUT2D eigenvalue weighted by atomic mass is 9.87. The average Bonchev–Trinajstić information content (AvgIpc) is 2.61. The Balaban J connectivity index is 1.65. The van der Waals surface area contributed by atoms with Crippen molar-refractivity contribution in [2.24, 2.45) is 5.92 Å². The van der Waals surface area contributed by atoms with Gasteiger partial charge in [-0.25, -0.2) is 9.97 Å². The summed E-state index contributed by atoms with van der Waals surface area (Å²) in [6.45, 7) is 10.4. The maximum atomic E-state index is 12.6. The van der Waals surface area contributed by atoms with E-state index in [9.17, 15) is 4.79 Å². The quantitative estimate of drug-likeness (QED) is 0.890. The van der Waals surface area contributed by atoms with Crippen LogP contribution >= 0.6 is 0 Å². The van der Waals surface area contributed by atoms with Crippen LogP contribution < -0.4 is 5.32 Å². The summed E-state index contributed by atoms with van der Waals surface area (Å²) < 4.78 is 0. The Morgan fingerprint density at radius 2 is 1.81 bits per heavy atom. The molecular formula is C21H28N4O. The van der Waals surface area contributed by atoms with E-state index in [1.165, 1.54) is 12.0 Å². The highest BCUT2D eigenvalue weighted by molar-refractivity contribution is 5.93. The number of aromatic nitrogens is 2. The molecule has 0 aliphatic carbocycles. The fourth-order valence-electron chi connectivity index (χ4n) is 3.24. The molecule has 0 bridgehead atoms. The molecular weight excluding hydrogens is 324 g/mol. The number of anilines is 2. The molecule has 1 amide bonds. The van der Waals surface area contributed by atoms with Gasteiger partial charge in [-0.15, -0.1) is 0 Å². The van der Waals surface area contributed by atoms with E-state index in [0.29, 0.717) is 17.4 Å². The molecule has 0 radical (unpaired) electrons. The van der Waals surface area contributed by atoms with Gasteiger partial charge >= 0.3 is 0 Å². The number of carbonyl (C=O) groups excluding carboxylic acids is 1. The second-order valence-corrected chi connectivity index (χ2v) is 8.25. The number of hydrogen-bond donors (Lipinski definition) is 1. The van der Waals surface area contributed by atoms with E-state index in [2.05, 4.69) is 55.1 Å². The number of hydrogen-bond acceptors (Lipinski definition) is 4. The van der Waals surface area contributed by atoms with Gasteiger partial charge in [0.1, 0.15) is 0 Å². The maximum Gasteiger partial charge on any atom is 0.257 e. The Labute approximate surface area is 155 Å². The Hall–Kier alpha value is -2.43. The van der Waals surface area contributed by atoms with E-state index in [1.807, 2.05) is 17.0 Å². The van der Waals surface area contributed by atoms with Gasteiger partial charge in [-0.2, -0.15) is 0 Å². The number of amides is 1. The van der Waals surface area contributed by atoms with Crippen LogP contribution in [0.15, 0.2) is 36.7 Å². The number of carbonyl (C=O) groups is 1. The zero-order chi connectivity index (χ0) is 18.7. The minimum absolute atomic E-state index is 0.0256. The zero-order valence-corrected chi connectivity index (χ0v) is 16.1. The summed E-state index contributed by atoms with van der Waals surface area (Å²) in [6.07, 6.45) is 5.48. The van der Waals surface area contributed by atoms with E-state index in [1.54, 1.807) is 12.4 Å². The van der Waals surface area contributed by atoms with Crippen LogP contribution in [0.25, 0.3) is 0 Å². The van der Waals surface area contributed by atoms with Crippen molar-refractivity contribution in [2.45, 2.75) is 46.0 Å². The monoisotopic (exact) mass is 352 g/mol. The van der Waals surface area contributed by atoms with Crippen LogP contribution in [0.3, 0.4) is 0 Å². The van der Waals surface area contributed by atoms with Crippen LogP contribution in [0.5, 0.6) is 0 Å². The molecule has 1 aliphatic heterocycles. The number of rotatable bonds is 3. The fraction of sp³-hybridized carbons (Fsp3) is 0.476. The number of piperidine rings is 1. The molecule has 1 N–H and O–H groups in total.